The molecule has 0 aliphatic rings. The van der Waals surface area contributed by atoms with Gasteiger partial charge in [-0.1, -0.05) is 13.8 Å². The Bertz CT molecular complexity index is 498. The van der Waals surface area contributed by atoms with Crippen LogP contribution < -0.4 is 5.73 Å². The molecule has 0 aliphatic carbocycles. The van der Waals surface area contributed by atoms with Crippen molar-refractivity contribution in [3.05, 3.63) is 30.4 Å². The SMILES string of the molecule is CC(C)[C@H](N)C(O)c1nnc(-c2cccnc2)o1. The molecule has 18 heavy (non-hydrogen) atoms. The van der Waals surface area contributed by atoms with Gasteiger partial charge in [-0.2, -0.15) is 0 Å². The number of aliphatic hydroxyl groups is 1. The number of nitrogens with zero attached hydrogens (tertiary/aromatic N) is 3. The van der Waals surface area contributed by atoms with E-state index >= 15 is 0 Å². The molecule has 2 atom stereocenters. The highest BCUT2D eigenvalue weighted by Gasteiger charge is 2.25. The van der Waals surface area contributed by atoms with E-state index in [0.29, 0.717) is 11.5 Å². The Kier molecular flexibility index (Phi) is 3.69. The molecule has 2 aromatic heterocycles. The minimum Gasteiger partial charge on any atom is -0.418 e. The highest BCUT2D eigenvalue weighted by atomic mass is 16.4. The lowest BCUT2D eigenvalue weighted by atomic mass is 10.00. The van der Waals surface area contributed by atoms with Crippen LogP contribution in [0.5, 0.6) is 0 Å². The van der Waals surface area contributed by atoms with Gasteiger partial charge < -0.3 is 15.3 Å². The van der Waals surface area contributed by atoms with Crippen molar-refractivity contribution in [2.24, 2.45) is 11.7 Å². The predicted molar refractivity (Wildman–Crippen MR) is 65.3 cm³/mol. The molecule has 0 saturated carbocycles. The summed E-state index contributed by atoms with van der Waals surface area (Å²) in [4.78, 5) is 3.96. The Hall–Kier alpha value is -1.79. The summed E-state index contributed by atoms with van der Waals surface area (Å²) in [6, 6.07) is 3.14. The van der Waals surface area contributed by atoms with Gasteiger partial charge >= 0.3 is 0 Å². The second-order valence-electron chi connectivity index (χ2n) is 4.45. The monoisotopic (exact) mass is 248 g/mol. The van der Waals surface area contributed by atoms with Crippen LogP contribution in [0.15, 0.2) is 28.9 Å². The van der Waals surface area contributed by atoms with Crippen LogP contribution in [0.2, 0.25) is 0 Å². The quantitative estimate of drug-likeness (QED) is 0.842. The Morgan fingerprint density at radius 1 is 1.33 bits per heavy atom. The van der Waals surface area contributed by atoms with Crippen LogP contribution in [0, 0.1) is 5.92 Å². The highest BCUT2D eigenvalue weighted by Crippen LogP contribution is 2.23. The fraction of sp³-hybridized carbons (Fsp3) is 0.417. The first-order valence-electron chi connectivity index (χ1n) is 5.77. The molecule has 96 valence electrons. The molecule has 3 N–H and O–H groups in total. The molecule has 1 unspecified atom stereocenters. The van der Waals surface area contributed by atoms with Gasteiger partial charge in [0.1, 0.15) is 6.10 Å². The van der Waals surface area contributed by atoms with E-state index in [2.05, 4.69) is 15.2 Å². The summed E-state index contributed by atoms with van der Waals surface area (Å²) in [5.74, 6) is 0.580. The normalized spacial score (nSPS) is 14.7. The first-order valence-corrected chi connectivity index (χ1v) is 5.77. The van der Waals surface area contributed by atoms with E-state index in [-0.39, 0.29) is 11.8 Å². The molecule has 0 bridgehead atoms. The van der Waals surface area contributed by atoms with Crippen LogP contribution >= 0.6 is 0 Å². The molecular weight excluding hydrogens is 232 g/mol. The van der Waals surface area contributed by atoms with Crippen molar-refractivity contribution >= 4 is 0 Å². The maximum atomic E-state index is 9.98. The molecule has 0 amide bonds. The molecule has 0 aliphatic heterocycles. The van der Waals surface area contributed by atoms with Crippen molar-refractivity contribution in [2.45, 2.75) is 26.0 Å². The van der Waals surface area contributed by atoms with Gasteiger partial charge in [-0.3, -0.25) is 4.98 Å². The third-order valence-electron chi connectivity index (χ3n) is 2.74. The standard InChI is InChI=1S/C12H16N4O2/c1-7(2)9(13)10(17)12-16-15-11(18-12)8-4-3-5-14-6-8/h3-7,9-10,17H,13H2,1-2H3/t9-,10?/m0/s1. The summed E-state index contributed by atoms with van der Waals surface area (Å²) in [5.41, 5.74) is 6.56. The minimum atomic E-state index is -0.956. The molecule has 2 heterocycles. The zero-order valence-corrected chi connectivity index (χ0v) is 10.3. The first-order chi connectivity index (χ1) is 8.59. The number of nitrogens with two attached hydrogens (primary N) is 1. The molecule has 0 radical (unpaired) electrons. The Morgan fingerprint density at radius 3 is 2.72 bits per heavy atom. The maximum absolute atomic E-state index is 9.98. The molecule has 6 nitrogen and oxygen atoms in total. The zero-order valence-electron chi connectivity index (χ0n) is 10.3. The van der Waals surface area contributed by atoms with Crippen molar-refractivity contribution in [1.82, 2.24) is 15.2 Å². The maximum Gasteiger partial charge on any atom is 0.249 e. The summed E-state index contributed by atoms with van der Waals surface area (Å²) in [7, 11) is 0. The van der Waals surface area contributed by atoms with Gasteiger partial charge in [-0.15, -0.1) is 10.2 Å². The van der Waals surface area contributed by atoms with Gasteiger partial charge in [0.25, 0.3) is 0 Å². The Balaban J connectivity index is 2.21. The number of hydrogen-bond acceptors (Lipinski definition) is 6. The van der Waals surface area contributed by atoms with Crippen molar-refractivity contribution < 1.29 is 9.52 Å². The second kappa shape index (κ2) is 5.24. The second-order valence-corrected chi connectivity index (χ2v) is 4.45. The summed E-state index contributed by atoms with van der Waals surface area (Å²) < 4.78 is 5.41. The van der Waals surface area contributed by atoms with Gasteiger partial charge in [-0.05, 0) is 18.1 Å². The average molecular weight is 248 g/mol. The number of hydrogen-bond donors (Lipinski definition) is 2. The Labute approximate surface area is 105 Å². The minimum absolute atomic E-state index is 0.119. The molecule has 2 aromatic rings. The molecule has 0 saturated heterocycles. The van der Waals surface area contributed by atoms with Crippen LogP contribution in [0.1, 0.15) is 25.8 Å². The van der Waals surface area contributed by atoms with E-state index in [1.807, 2.05) is 13.8 Å². The van der Waals surface area contributed by atoms with E-state index in [9.17, 15) is 5.11 Å². The third kappa shape index (κ3) is 2.55. The van der Waals surface area contributed by atoms with Crippen molar-refractivity contribution in [3.8, 4) is 11.5 Å². The number of pyridine rings is 1. The van der Waals surface area contributed by atoms with Crippen LogP contribution in [-0.2, 0) is 0 Å². The highest BCUT2D eigenvalue weighted by molar-refractivity contribution is 5.49. The summed E-state index contributed by atoms with van der Waals surface area (Å²) in [5, 5.41) is 17.7. The molecule has 0 spiro atoms. The lowest BCUT2D eigenvalue weighted by Gasteiger charge is -2.18. The van der Waals surface area contributed by atoms with Crippen LogP contribution in [0.25, 0.3) is 11.5 Å². The summed E-state index contributed by atoms with van der Waals surface area (Å²) >= 11 is 0. The van der Waals surface area contributed by atoms with Crippen LogP contribution in [0.4, 0.5) is 0 Å². The van der Waals surface area contributed by atoms with Gasteiger partial charge in [0, 0.05) is 18.4 Å². The van der Waals surface area contributed by atoms with Crippen molar-refractivity contribution in [3.63, 3.8) is 0 Å². The van der Waals surface area contributed by atoms with Gasteiger partial charge in [-0.25, -0.2) is 0 Å². The first kappa shape index (κ1) is 12.7. The fourth-order valence-electron chi connectivity index (χ4n) is 1.49. The predicted octanol–water partition coefficient (Wildman–Crippen LogP) is 1.15. The van der Waals surface area contributed by atoms with Gasteiger partial charge in [0.15, 0.2) is 0 Å². The van der Waals surface area contributed by atoms with E-state index < -0.39 is 12.1 Å². The summed E-state index contributed by atoms with van der Waals surface area (Å²) in [6.45, 7) is 3.85. The zero-order chi connectivity index (χ0) is 13.1. The number of rotatable bonds is 4. The lowest BCUT2D eigenvalue weighted by Crippen LogP contribution is -2.33. The van der Waals surface area contributed by atoms with Gasteiger partial charge in [0.05, 0.1) is 5.56 Å². The summed E-state index contributed by atoms with van der Waals surface area (Å²) in [6.07, 6.45) is 2.32. The molecule has 2 rings (SSSR count). The topological polar surface area (TPSA) is 98.1 Å². The fourth-order valence-corrected chi connectivity index (χ4v) is 1.49. The van der Waals surface area contributed by atoms with Crippen molar-refractivity contribution in [1.29, 1.82) is 0 Å². The smallest absolute Gasteiger partial charge is 0.249 e. The molecule has 0 aromatic carbocycles. The molecule has 6 heteroatoms. The number of aromatic nitrogens is 3. The molecule has 0 fully saturated rings. The van der Waals surface area contributed by atoms with E-state index in [4.69, 9.17) is 10.2 Å². The van der Waals surface area contributed by atoms with Gasteiger partial charge in [0.2, 0.25) is 11.8 Å². The average Bonchev–Trinajstić information content (AvgIpc) is 2.87. The Morgan fingerprint density at radius 2 is 2.11 bits per heavy atom. The van der Waals surface area contributed by atoms with Crippen LogP contribution in [-0.4, -0.2) is 26.3 Å². The van der Waals surface area contributed by atoms with Crippen LogP contribution in [0.3, 0.4) is 0 Å². The van der Waals surface area contributed by atoms with E-state index in [1.165, 1.54) is 0 Å². The van der Waals surface area contributed by atoms with E-state index in [0.717, 1.165) is 0 Å². The third-order valence-corrected chi connectivity index (χ3v) is 2.74. The number of aliphatic hydroxyl groups excluding tert-OH is 1. The van der Waals surface area contributed by atoms with E-state index in [1.54, 1.807) is 24.5 Å². The lowest BCUT2D eigenvalue weighted by molar-refractivity contribution is 0.0979. The largest absolute Gasteiger partial charge is 0.418 e. The molecular formula is C12H16N4O2. The van der Waals surface area contributed by atoms with Crippen molar-refractivity contribution in [2.75, 3.05) is 0 Å².